The van der Waals surface area contributed by atoms with Crippen molar-refractivity contribution in [2.75, 3.05) is 5.32 Å². The van der Waals surface area contributed by atoms with Crippen molar-refractivity contribution in [3.8, 4) is 0 Å². The molecule has 2 rings (SSSR count). The van der Waals surface area contributed by atoms with E-state index in [0.29, 0.717) is 11.4 Å². The van der Waals surface area contributed by atoms with Gasteiger partial charge in [0, 0.05) is 11.3 Å². The van der Waals surface area contributed by atoms with Crippen LogP contribution >= 0.6 is 0 Å². The Morgan fingerprint density at radius 1 is 1.00 bits per heavy atom. The number of anilines is 1. The van der Waals surface area contributed by atoms with Gasteiger partial charge in [0.05, 0.1) is 0 Å². The maximum absolute atomic E-state index is 12.3. The Morgan fingerprint density at radius 2 is 1.61 bits per heavy atom. The first kappa shape index (κ1) is 16.8. The van der Waals surface area contributed by atoms with Gasteiger partial charge in [-0.15, -0.1) is 0 Å². The molecule has 2 aromatic carbocycles. The highest BCUT2D eigenvalue weighted by Crippen LogP contribution is 2.22. The monoisotopic (exact) mass is 308 g/mol. The summed E-state index contributed by atoms with van der Waals surface area (Å²) in [6.45, 7) is 12.3. The molecule has 0 saturated heterocycles. The van der Waals surface area contributed by atoms with Crippen molar-refractivity contribution in [3.05, 3.63) is 77.6 Å². The lowest BCUT2D eigenvalue weighted by Gasteiger charge is -2.19. The molecule has 2 aromatic rings. The van der Waals surface area contributed by atoms with E-state index >= 15 is 0 Å². The van der Waals surface area contributed by atoms with Gasteiger partial charge in [0.15, 0.2) is 0 Å². The Labute approximate surface area is 138 Å². The largest absolute Gasteiger partial charge is 0.342 e. The fourth-order valence-electron chi connectivity index (χ4n) is 2.24. The maximum atomic E-state index is 12.3. The Balaban J connectivity index is 2.01. The number of rotatable bonds is 4. The van der Waals surface area contributed by atoms with Crippen LogP contribution in [0, 0.1) is 6.92 Å². The number of para-hydroxylation sites is 1. The van der Waals surface area contributed by atoms with Crippen molar-refractivity contribution in [1.29, 1.82) is 0 Å². The zero-order chi connectivity index (χ0) is 17.0. The topological polar surface area (TPSA) is 41.1 Å². The van der Waals surface area contributed by atoms with Crippen LogP contribution in [-0.2, 0) is 5.41 Å². The van der Waals surface area contributed by atoms with Gasteiger partial charge >= 0.3 is 0 Å². The molecule has 1 amide bonds. The summed E-state index contributed by atoms with van der Waals surface area (Å²) < 4.78 is 0. The molecule has 0 bridgehead atoms. The highest BCUT2D eigenvalue weighted by atomic mass is 16.1. The third kappa shape index (κ3) is 4.46. The van der Waals surface area contributed by atoms with Crippen LogP contribution in [0.15, 0.2) is 60.9 Å². The molecule has 0 aliphatic rings. The predicted molar refractivity (Wildman–Crippen MR) is 96.5 cm³/mol. The number of hydrogen-bond acceptors (Lipinski definition) is 2. The lowest BCUT2D eigenvalue weighted by atomic mass is 9.87. The maximum Gasteiger partial charge on any atom is 0.256 e. The summed E-state index contributed by atoms with van der Waals surface area (Å²) in [6, 6.07) is 15.5. The lowest BCUT2D eigenvalue weighted by Crippen LogP contribution is -2.26. The molecule has 0 radical (unpaired) electrons. The van der Waals surface area contributed by atoms with Gasteiger partial charge in [-0.05, 0) is 41.7 Å². The van der Waals surface area contributed by atoms with E-state index in [1.165, 1.54) is 5.56 Å². The molecule has 2 N–H and O–H groups in total. The highest BCUT2D eigenvalue weighted by Gasteiger charge is 2.14. The molecule has 3 heteroatoms. The van der Waals surface area contributed by atoms with Crippen LogP contribution in [0.3, 0.4) is 0 Å². The summed E-state index contributed by atoms with van der Waals surface area (Å²) in [5.41, 5.74) is 3.92. The minimum atomic E-state index is -0.170. The highest BCUT2D eigenvalue weighted by molar-refractivity contribution is 5.95. The Morgan fingerprint density at radius 3 is 2.17 bits per heavy atom. The van der Waals surface area contributed by atoms with E-state index in [1.54, 1.807) is 0 Å². The minimum absolute atomic E-state index is 0.0744. The number of benzene rings is 2. The van der Waals surface area contributed by atoms with Crippen molar-refractivity contribution < 1.29 is 4.79 Å². The molecule has 120 valence electrons. The van der Waals surface area contributed by atoms with Crippen molar-refractivity contribution in [2.24, 2.45) is 0 Å². The fourth-order valence-corrected chi connectivity index (χ4v) is 2.24. The number of carbonyl (C=O) groups is 1. The van der Waals surface area contributed by atoms with Crippen LogP contribution in [-0.4, -0.2) is 5.91 Å². The second-order valence-corrected chi connectivity index (χ2v) is 6.70. The molecule has 0 atom stereocenters. The summed E-state index contributed by atoms with van der Waals surface area (Å²) in [4.78, 5) is 12.3. The zero-order valence-corrected chi connectivity index (χ0v) is 14.2. The van der Waals surface area contributed by atoms with Crippen LogP contribution in [0.4, 0.5) is 5.69 Å². The van der Waals surface area contributed by atoms with E-state index in [-0.39, 0.29) is 11.3 Å². The molecular formula is C20H24N2O. The Bertz CT molecular complexity index is 709. The average Bonchev–Trinajstić information content (AvgIpc) is 2.49. The molecule has 0 heterocycles. The fraction of sp³-hybridized carbons (Fsp3) is 0.250. The van der Waals surface area contributed by atoms with Crippen molar-refractivity contribution in [1.82, 2.24) is 5.32 Å². The van der Waals surface area contributed by atoms with Crippen LogP contribution in [0.5, 0.6) is 0 Å². The smallest absolute Gasteiger partial charge is 0.256 e. The van der Waals surface area contributed by atoms with E-state index in [0.717, 1.165) is 11.3 Å². The van der Waals surface area contributed by atoms with Crippen LogP contribution in [0.1, 0.15) is 42.3 Å². The van der Waals surface area contributed by atoms with Crippen molar-refractivity contribution >= 4 is 11.6 Å². The van der Waals surface area contributed by atoms with Gasteiger partial charge in [0.1, 0.15) is 5.82 Å². The van der Waals surface area contributed by atoms with E-state index in [2.05, 4.69) is 38.0 Å². The Kier molecular flexibility index (Phi) is 4.89. The molecule has 0 unspecified atom stereocenters. The quantitative estimate of drug-likeness (QED) is 0.866. The summed E-state index contributed by atoms with van der Waals surface area (Å²) in [5.74, 6) is 0.292. The van der Waals surface area contributed by atoms with Gasteiger partial charge in [-0.3, -0.25) is 4.79 Å². The summed E-state index contributed by atoms with van der Waals surface area (Å²) in [6.07, 6.45) is 0. The summed E-state index contributed by atoms with van der Waals surface area (Å²) in [5, 5.41) is 5.91. The van der Waals surface area contributed by atoms with Gasteiger partial charge < -0.3 is 10.6 Å². The first-order valence-electron chi connectivity index (χ1n) is 7.71. The van der Waals surface area contributed by atoms with Gasteiger partial charge in [-0.2, -0.15) is 0 Å². The molecule has 0 aromatic heterocycles. The van der Waals surface area contributed by atoms with Crippen molar-refractivity contribution in [2.45, 2.75) is 33.1 Å². The molecule has 3 nitrogen and oxygen atoms in total. The van der Waals surface area contributed by atoms with E-state index < -0.39 is 0 Å². The van der Waals surface area contributed by atoms with Gasteiger partial charge in [-0.25, -0.2) is 0 Å². The van der Waals surface area contributed by atoms with Crippen LogP contribution < -0.4 is 10.6 Å². The lowest BCUT2D eigenvalue weighted by molar-refractivity contribution is 0.0966. The third-order valence-electron chi connectivity index (χ3n) is 3.71. The SMILES string of the molecule is C=C(NC(=O)c1ccc(C(C)(C)C)cc1)Nc1ccccc1C. The summed E-state index contributed by atoms with van der Waals surface area (Å²) in [7, 11) is 0. The zero-order valence-electron chi connectivity index (χ0n) is 14.2. The number of amides is 1. The van der Waals surface area contributed by atoms with E-state index in [1.807, 2.05) is 55.5 Å². The van der Waals surface area contributed by atoms with E-state index in [9.17, 15) is 4.79 Å². The van der Waals surface area contributed by atoms with Gasteiger partial charge in [0.2, 0.25) is 0 Å². The molecule has 0 aliphatic carbocycles. The molecule has 0 fully saturated rings. The number of nitrogens with one attached hydrogen (secondary N) is 2. The molecule has 23 heavy (non-hydrogen) atoms. The van der Waals surface area contributed by atoms with E-state index in [4.69, 9.17) is 0 Å². The molecular weight excluding hydrogens is 284 g/mol. The first-order chi connectivity index (χ1) is 10.8. The standard InChI is InChI=1S/C20H24N2O/c1-14-8-6-7-9-18(14)21-15(2)22-19(23)16-10-12-17(13-11-16)20(3,4)5/h6-13,21H,2H2,1,3-5H3,(H,22,23). The second kappa shape index (κ2) is 6.69. The Hall–Kier alpha value is -2.55. The molecule has 0 spiro atoms. The minimum Gasteiger partial charge on any atom is -0.342 e. The van der Waals surface area contributed by atoms with Crippen LogP contribution in [0.2, 0.25) is 0 Å². The normalized spacial score (nSPS) is 11.0. The first-order valence-corrected chi connectivity index (χ1v) is 7.71. The van der Waals surface area contributed by atoms with Gasteiger partial charge in [-0.1, -0.05) is 57.7 Å². The van der Waals surface area contributed by atoms with Crippen LogP contribution in [0.25, 0.3) is 0 Å². The number of carbonyl (C=O) groups excluding carboxylic acids is 1. The van der Waals surface area contributed by atoms with Crippen molar-refractivity contribution in [3.63, 3.8) is 0 Å². The number of hydrogen-bond donors (Lipinski definition) is 2. The third-order valence-corrected chi connectivity index (χ3v) is 3.71. The second-order valence-electron chi connectivity index (χ2n) is 6.70. The number of aryl methyl sites for hydroxylation is 1. The average molecular weight is 308 g/mol. The molecule has 0 saturated carbocycles. The van der Waals surface area contributed by atoms with Gasteiger partial charge in [0.25, 0.3) is 5.91 Å². The molecule has 0 aliphatic heterocycles. The summed E-state index contributed by atoms with van der Waals surface area (Å²) >= 11 is 0. The predicted octanol–water partition coefficient (Wildman–Crippen LogP) is 4.61.